The van der Waals surface area contributed by atoms with Gasteiger partial charge in [0.2, 0.25) is 0 Å². The first-order valence-corrected chi connectivity index (χ1v) is 10.3. The number of rotatable bonds is 6. The van der Waals surface area contributed by atoms with E-state index in [0.29, 0.717) is 6.54 Å². The molecule has 1 spiro atoms. The molecule has 3 fully saturated rings. The number of carbonyl (C=O) groups is 2. The number of hydrogen-bond acceptors (Lipinski definition) is 4. The van der Waals surface area contributed by atoms with Crippen LogP contribution in [0.2, 0.25) is 0 Å². The van der Waals surface area contributed by atoms with Crippen LogP contribution in [0.5, 0.6) is 0 Å². The Labute approximate surface area is 161 Å². The number of imide groups is 1. The SMILES string of the molecule is O=C1NC2(CCCC2)C(=O)N1CCCCN1CCN(c2ccccc2)CC1. The van der Waals surface area contributed by atoms with Crippen molar-refractivity contribution in [2.45, 2.75) is 44.1 Å². The van der Waals surface area contributed by atoms with E-state index in [1.807, 2.05) is 0 Å². The lowest BCUT2D eigenvalue weighted by Gasteiger charge is -2.36. The van der Waals surface area contributed by atoms with Crippen LogP contribution in [0, 0.1) is 0 Å². The molecule has 1 aromatic rings. The molecule has 3 aliphatic rings. The number of benzene rings is 1. The Morgan fingerprint density at radius 3 is 2.26 bits per heavy atom. The topological polar surface area (TPSA) is 55.9 Å². The lowest BCUT2D eigenvalue weighted by molar-refractivity contribution is -0.131. The maximum Gasteiger partial charge on any atom is 0.325 e. The first-order chi connectivity index (χ1) is 13.2. The number of piperazine rings is 1. The minimum Gasteiger partial charge on any atom is -0.369 e. The molecule has 1 aliphatic carbocycles. The molecule has 0 aromatic heterocycles. The Morgan fingerprint density at radius 2 is 1.56 bits per heavy atom. The van der Waals surface area contributed by atoms with Crippen LogP contribution in [-0.4, -0.2) is 66.5 Å². The van der Waals surface area contributed by atoms with Crippen molar-refractivity contribution in [2.24, 2.45) is 0 Å². The minimum atomic E-state index is -0.565. The van der Waals surface area contributed by atoms with Gasteiger partial charge < -0.3 is 10.2 Å². The summed E-state index contributed by atoms with van der Waals surface area (Å²) in [5.41, 5.74) is 0.738. The van der Waals surface area contributed by atoms with E-state index >= 15 is 0 Å². The number of hydrogen-bond donors (Lipinski definition) is 1. The van der Waals surface area contributed by atoms with E-state index in [1.54, 1.807) is 0 Å². The van der Waals surface area contributed by atoms with Crippen LogP contribution >= 0.6 is 0 Å². The van der Waals surface area contributed by atoms with Gasteiger partial charge in [0, 0.05) is 38.4 Å². The largest absolute Gasteiger partial charge is 0.369 e. The van der Waals surface area contributed by atoms with Crippen molar-refractivity contribution in [3.63, 3.8) is 0 Å². The van der Waals surface area contributed by atoms with Crippen LogP contribution in [0.15, 0.2) is 30.3 Å². The smallest absolute Gasteiger partial charge is 0.325 e. The van der Waals surface area contributed by atoms with E-state index in [0.717, 1.165) is 71.2 Å². The average Bonchev–Trinajstić information content (AvgIpc) is 3.26. The third kappa shape index (κ3) is 3.81. The summed E-state index contributed by atoms with van der Waals surface area (Å²) in [4.78, 5) is 31.2. The van der Waals surface area contributed by atoms with Crippen molar-refractivity contribution in [3.8, 4) is 0 Å². The molecule has 3 amide bonds. The number of carbonyl (C=O) groups excluding carboxylic acids is 2. The Morgan fingerprint density at radius 1 is 0.889 bits per heavy atom. The van der Waals surface area contributed by atoms with Gasteiger partial charge in [0.1, 0.15) is 5.54 Å². The molecule has 4 rings (SSSR count). The van der Waals surface area contributed by atoms with E-state index < -0.39 is 5.54 Å². The molecule has 0 unspecified atom stereocenters. The summed E-state index contributed by atoms with van der Waals surface area (Å²) in [5.74, 6) is 0.0153. The van der Waals surface area contributed by atoms with Gasteiger partial charge in [0.05, 0.1) is 0 Å². The zero-order valence-corrected chi connectivity index (χ0v) is 16.0. The highest BCUT2D eigenvalue weighted by atomic mass is 16.2. The zero-order chi connectivity index (χ0) is 18.7. The van der Waals surface area contributed by atoms with Crippen LogP contribution in [0.25, 0.3) is 0 Å². The summed E-state index contributed by atoms with van der Waals surface area (Å²) in [6.07, 6.45) is 5.59. The molecule has 27 heavy (non-hydrogen) atoms. The van der Waals surface area contributed by atoms with Crippen molar-refractivity contribution in [2.75, 3.05) is 44.2 Å². The Kier molecular flexibility index (Phi) is 5.34. The molecular weight excluding hydrogens is 340 g/mol. The van der Waals surface area contributed by atoms with Gasteiger partial charge in [-0.15, -0.1) is 0 Å². The number of amides is 3. The number of nitrogens with one attached hydrogen (secondary N) is 1. The van der Waals surface area contributed by atoms with Crippen LogP contribution < -0.4 is 10.2 Å². The zero-order valence-electron chi connectivity index (χ0n) is 16.0. The molecular formula is C21H30N4O2. The molecule has 1 N–H and O–H groups in total. The number of nitrogens with zero attached hydrogens (tertiary/aromatic N) is 3. The van der Waals surface area contributed by atoms with E-state index in [2.05, 4.69) is 45.4 Å². The molecule has 2 saturated heterocycles. The highest BCUT2D eigenvalue weighted by Crippen LogP contribution is 2.35. The molecule has 6 nitrogen and oxygen atoms in total. The standard InChI is InChI=1S/C21H30N4O2/c26-19-21(10-4-5-11-21)22-20(27)25(19)13-7-6-12-23-14-16-24(17-15-23)18-8-2-1-3-9-18/h1-3,8-9H,4-7,10-17H2,(H,22,27). The molecule has 2 aliphatic heterocycles. The number of para-hydroxylation sites is 1. The van der Waals surface area contributed by atoms with Crippen LogP contribution in [0.3, 0.4) is 0 Å². The molecule has 0 atom stereocenters. The Bertz CT molecular complexity index is 664. The second kappa shape index (κ2) is 7.89. The van der Waals surface area contributed by atoms with Gasteiger partial charge in [0.25, 0.3) is 5.91 Å². The van der Waals surface area contributed by atoms with Crippen LogP contribution in [-0.2, 0) is 4.79 Å². The number of anilines is 1. The Hall–Kier alpha value is -2.08. The predicted molar refractivity (Wildman–Crippen MR) is 106 cm³/mol. The quantitative estimate of drug-likeness (QED) is 0.617. The minimum absolute atomic E-state index is 0.0153. The van der Waals surface area contributed by atoms with Crippen molar-refractivity contribution >= 4 is 17.6 Å². The van der Waals surface area contributed by atoms with Crippen LogP contribution in [0.4, 0.5) is 10.5 Å². The summed E-state index contributed by atoms with van der Waals surface area (Å²) in [6, 6.07) is 10.4. The highest BCUT2D eigenvalue weighted by Gasteiger charge is 2.51. The maximum absolute atomic E-state index is 12.6. The van der Waals surface area contributed by atoms with E-state index in [4.69, 9.17) is 0 Å². The lowest BCUT2D eigenvalue weighted by atomic mass is 9.98. The van der Waals surface area contributed by atoms with Crippen molar-refractivity contribution in [3.05, 3.63) is 30.3 Å². The van der Waals surface area contributed by atoms with Crippen LogP contribution in [0.1, 0.15) is 38.5 Å². The molecule has 0 bridgehead atoms. The summed E-state index contributed by atoms with van der Waals surface area (Å²) in [7, 11) is 0. The van der Waals surface area contributed by atoms with Gasteiger partial charge in [-0.2, -0.15) is 0 Å². The van der Waals surface area contributed by atoms with Crippen molar-refractivity contribution < 1.29 is 9.59 Å². The third-order valence-corrected chi connectivity index (χ3v) is 6.30. The van der Waals surface area contributed by atoms with Gasteiger partial charge in [-0.3, -0.25) is 14.6 Å². The predicted octanol–water partition coefficient (Wildman–Crippen LogP) is 2.45. The van der Waals surface area contributed by atoms with Gasteiger partial charge in [-0.25, -0.2) is 4.79 Å². The number of urea groups is 1. The van der Waals surface area contributed by atoms with Gasteiger partial charge in [-0.05, 0) is 44.4 Å². The molecule has 1 aromatic carbocycles. The lowest BCUT2D eigenvalue weighted by Crippen LogP contribution is -2.46. The molecule has 6 heteroatoms. The summed E-state index contributed by atoms with van der Waals surface area (Å²) < 4.78 is 0. The third-order valence-electron chi connectivity index (χ3n) is 6.30. The second-order valence-corrected chi connectivity index (χ2v) is 8.05. The summed E-state index contributed by atoms with van der Waals surface area (Å²) in [6.45, 7) is 5.84. The normalized spacial score (nSPS) is 22.7. The summed E-state index contributed by atoms with van der Waals surface area (Å²) >= 11 is 0. The molecule has 1 saturated carbocycles. The molecule has 146 valence electrons. The molecule has 2 heterocycles. The monoisotopic (exact) mass is 370 g/mol. The fraction of sp³-hybridized carbons (Fsp3) is 0.619. The average molecular weight is 370 g/mol. The fourth-order valence-electron chi connectivity index (χ4n) is 4.67. The summed E-state index contributed by atoms with van der Waals surface area (Å²) in [5, 5.41) is 2.96. The van der Waals surface area contributed by atoms with Gasteiger partial charge >= 0.3 is 6.03 Å². The first kappa shape index (κ1) is 18.3. The number of unbranched alkanes of at least 4 members (excludes halogenated alkanes) is 1. The second-order valence-electron chi connectivity index (χ2n) is 8.05. The first-order valence-electron chi connectivity index (χ1n) is 10.3. The fourth-order valence-corrected chi connectivity index (χ4v) is 4.67. The molecule has 0 radical (unpaired) electrons. The van der Waals surface area contributed by atoms with Gasteiger partial charge in [-0.1, -0.05) is 31.0 Å². The van der Waals surface area contributed by atoms with E-state index in [9.17, 15) is 9.59 Å². The van der Waals surface area contributed by atoms with Crippen molar-refractivity contribution in [1.82, 2.24) is 15.1 Å². The van der Waals surface area contributed by atoms with Crippen molar-refractivity contribution in [1.29, 1.82) is 0 Å². The van der Waals surface area contributed by atoms with E-state index in [1.165, 1.54) is 10.6 Å². The maximum atomic E-state index is 12.6. The Balaban J connectivity index is 1.17. The highest BCUT2D eigenvalue weighted by molar-refractivity contribution is 6.07. The van der Waals surface area contributed by atoms with E-state index in [-0.39, 0.29) is 11.9 Å². The van der Waals surface area contributed by atoms with Gasteiger partial charge in [0.15, 0.2) is 0 Å².